The van der Waals surface area contributed by atoms with Crippen LogP contribution in [0.5, 0.6) is 0 Å². The van der Waals surface area contributed by atoms with E-state index in [2.05, 4.69) is 0 Å². The molecule has 1 amide bonds. The highest BCUT2D eigenvalue weighted by Gasteiger charge is 2.21. The molecular weight excluding hydrogens is 246 g/mol. The highest BCUT2D eigenvalue weighted by Crippen LogP contribution is 2.26. The highest BCUT2D eigenvalue weighted by molar-refractivity contribution is 7.20. The maximum Gasteiger partial charge on any atom is 0.263 e. The number of hydrogen-bond donors (Lipinski definition) is 1. The summed E-state index contributed by atoms with van der Waals surface area (Å²) in [5, 5.41) is 10.8. The van der Waals surface area contributed by atoms with Gasteiger partial charge in [-0.25, -0.2) is 0 Å². The predicted molar refractivity (Wildman–Crippen MR) is 75.1 cm³/mol. The van der Waals surface area contributed by atoms with Crippen LogP contribution in [-0.2, 0) is 0 Å². The van der Waals surface area contributed by atoms with Crippen molar-refractivity contribution in [3.8, 4) is 0 Å². The first kappa shape index (κ1) is 13.1. The number of carbonyl (C=O) groups excluding carboxylic acids is 1. The molecular formula is C14H17NO2S. The number of carbonyl (C=O) groups is 1. The van der Waals surface area contributed by atoms with Gasteiger partial charge in [-0.3, -0.25) is 4.79 Å². The Bertz CT molecular complexity index is 535. The zero-order valence-electron chi connectivity index (χ0n) is 10.8. The minimum atomic E-state index is -0.874. The fourth-order valence-electron chi connectivity index (χ4n) is 1.93. The summed E-state index contributed by atoms with van der Waals surface area (Å²) in [6.45, 7) is 3.71. The number of fused-ring (bicyclic) bond motifs is 1. The molecule has 1 aromatic carbocycles. The van der Waals surface area contributed by atoms with Gasteiger partial charge in [0.1, 0.15) is 0 Å². The lowest BCUT2D eigenvalue weighted by Crippen LogP contribution is -2.39. The standard InChI is InChI=1S/C14H17NO2S/c1-14(2,17)9-15(3)13(16)12-8-10-6-4-5-7-11(10)18-12/h4-8,17H,9H2,1-3H3. The van der Waals surface area contributed by atoms with E-state index in [1.807, 2.05) is 30.3 Å². The number of thiophene rings is 1. The van der Waals surface area contributed by atoms with Gasteiger partial charge in [-0.2, -0.15) is 0 Å². The van der Waals surface area contributed by atoms with E-state index in [4.69, 9.17) is 0 Å². The van der Waals surface area contributed by atoms with Crippen LogP contribution in [0.4, 0.5) is 0 Å². The molecule has 18 heavy (non-hydrogen) atoms. The van der Waals surface area contributed by atoms with E-state index in [0.717, 1.165) is 10.1 Å². The number of likely N-dealkylation sites (N-methyl/N-ethyl adjacent to an activating group) is 1. The summed E-state index contributed by atoms with van der Waals surface area (Å²) >= 11 is 1.49. The SMILES string of the molecule is CN(CC(C)(C)O)C(=O)c1cc2ccccc2s1. The number of aliphatic hydroxyl groups is 1. The fourth-order valence-corrected chi connectivity index (χ4v) is 2.98. The summed E-state index contributed by atoms with van der Waals surface area (Å²) in [5.74, 6) is -0.0432. The Morgan fingerprint density at radius 1 is 1.39 bits per heavy atom. The molecule has 0 atom stereocenters. The Morgan fingerprint density at radius 2 is 2.06 bits per heavy atom. The van der Waals surface area contributed by atoms with Gasteiger partial charge in [0.15, 0.2) is 0 Å². The number of rotatable bonds is 3. The minimum Gasteiger partial charge on any atom is -0.389 e. The number of amides is 1. The smallest absolute Gasteiger partial charge is 0.263 e. The quantitative estimate of drug-likeness (QED) is 0.925. The van der Waals surface area contributed by atoms with Crippen LogP contribution < -0.4 is 0 Å². The monoisotopic (exact) mass is 263 g/mol. The van der Waals surface area contributed by atoms with Crippen molar-refractivity contribution in [2.75, 3.05) is 13.6 Å². The topological polar surface area (TPSA) is 40.5 Å². The average molecular weight is 263 g/mol. The molecule has 0 bridgehead atoms. The molecule has 0 aliphatic rings. The summed E-state index contributed by atoms with van der Waals surface area (Å²) in [7, 11) is 1.71. The second-order valence-corrected chi connectivity index (χ2v) is 6.21. The molecule has 2 rings (SSSR count). The molecule has 96 valence electrons. The zero-order chi connectivity index (χ0) is 13.3. The van der Waals surface area contributed by atoms with E-state index >= 15 is 0 Å². The Labute approximate surface area is 111 Å². The summed E-state index contributed by atoms with van der Waals surface area (Å²) in [4.78, 5) is 14.5. The van der Waals surface area contributed by atoms with Crippen LogP contribution in [0.3, 0.4) is 0 Å². The molecule has 2 aromatic rings. The van der Waals surface area contributed by atoms with Crippen LogP contribution in [0.1, 0.15) is 23.5 Å². The molecule has 1 aromatic heterocycles. The van der Waals surface area contributed by atoms with Gasteiger partial charge in [-0.05, 0) is 31.4 Å². The van der Waals surface area contributed by atoms with E-state index in [-0.39, 0.29) is 5.91 Å². The largest absolute Gasteiger partial charge is 0.389 e. The van der Waals surface area contributed by atoms with Gasteiger partial charge in [-0.15, -0.1) is 11.3 Å². The Morgan fingerprint density at radius 3 is 2.67 bits per heavy atom. The summed E-state index contributed by atoms with van der Waals surface area (Å²) in [6.07, 6.45) is 0. The van der Waals surface area contributed by atoms with Crippen molar-refractivity contribution in [1.82, 2.24) is 4.90 Å². The Kier molecular flexibility index (Phi) is 3.41. The Balaban J connectivity index is 2.23. The van der Waals surface area contributed by atoms with Crippen LogP contribution in [0.2, 0.25) is 0 Å². The van der Waals surface area contributed by atoms with Crippen molar-refractivity contribution in [3.63, 3.8) is 0 Å². The molecule has 0 saturated carbocycles. The first-order valence-corrected chi connectivity index (χ1v) is 6.65. The zero-order valence-corrected chi connectivity index (χ0v) is 11.6. The van der Waals surface area contributed by atoms with E-state index in [1.54, 1.807) is 25.8 Å². The third kappa shape index (κ3) is 2.89. The molecule has 3 nitrogen and oxygen atoms in total. The van der Waals surface area contributed by atoms with E-state index in [9.17, 15) is 9.90 Å². The molecule has 0 fully saturated rings. The molecule has 0 unspecified atom stereocenters. The third-order valence-electron chi connectivity index (χ3n) is 2.61. The van der Waals surface area contributed by atoms with Gasteiger partial charge >= 0.3 is 0 Å². The van der Waals surface area contributed by atoms with Crippen LogP contribution in [-0.4, -0.2) is 35.1 Å². The van der Waals surface area contributed by atoms with Crippen LogP contribution in [0, 0.1) is 0 Å². The Hall–Kier alpha value is -1.39. The third-order valence-corrected chi connectivity index (χ3v) is 3.71. The van der Waals surface area contributed by atoms with E-state index in [0.29, 0.717) is 11.4 Å². The average Bonchev–Trinajstić information content (AvgIpc) is 2.68. The highest BCUT2D eigenvalue weighted by atomic mass is 32.1. The minimum absolute atomic E-state index is 0.0432. The van der Waals surface area contributed by atoms with Crippen molar-refractivity contribution >= 4 is 27.3 Å². The van der Waals surface area contributed by atoms with Gasteiger partial charge in [0.05, 0.1) is 10.5 Å². The van der Waals surface area contributed by atoms with Gasteiger partial charge in [-0.1, -0.05) is 18.2 Å². The molecule has 1 heterocycles. The molecule has 1 N–H and O–H groups in total. The lowest BCUT2D eigenvalue weighted by atomic mass is 10.1. The second kappa shape index (κ2) is 4.71. The first-order chi connectivity index (χ1) is 8.37. The normalized spacial score (nSPS) is 11.8. The molecule has 4 heteroatoms. The van der Waals surface area contributed by atoms with Crippen molar-refractivity contribution in [2.24, 2.45) is 0 Å². The maximum absolute atomic E-state index is 12.2. The maximum atomic E-state index is 12.2. The molecule has 0 saturated heterocycles. The molecule has 0 spiro atoms. The summed E-state index contributed by atoms with van der Waals surface area (Å²) < 4.78 is 1.11. The predicted octanol–water partition coefficient (Wildman–Crippen LogP) is 2.74. The summed E-state index contributed by atoms with van der Waals surface area (Å²) in [6, 6.07) is 9.84. The second-order valence-electron chi connectivity index (χ2n) is 5.12. The summed E-state index contributed by atoms with van der Waals surface area (Å²) in [5.41, 5.74) is -0.874. The number of hydrogen-bond acceptors (Lipinski definition) is 3. The van der Waals surface area contributed by atoms with Crippen LogP contribution in [0.25, 0.3) is 10.1 Å². The van der Waals surface area contributed by atoms with Gasteiger partial charge < -0.3 is 10.0 Å². The lowest BCUT2D eigenvalue weighted by Gasteiger charge is -2.25. The van der Waals surface area contributed by atoms with Crippen LogP contribution >= 0.6 is 11.3 Å². The van der Waals surface area contributed by atoms with E-state index in [1.165, 1.54) is 11.3 Å². The van der Waals surface area contributed by atoms with Gasteiger partial charge in [0.2, 0.25) is 0 Å². The van der Waals surface area contributed by atoms with Crippen molar-refractivity contribution in [3.05, 3.63) is 35.2 Å². The van der Waals surface area contributed by atoms with Crippen molar-refractivity contribution in [1.29, 1.82) is 0 Å². The number of benzene rings is 1. The van der Waals surface area contributed by atoms with Crippen molar-refractivity contribution < 1.29 is 9.90 Å². The fraction of sp³-hybridized carbons (Fsp3) is 0.357. The molecule has 0 aliphatic carbocycles. The first-order valence-electron chi connectivity index (χ1n) is 5.83. The van der Waals surface area contributed by atoms with Gasteiger partial charge in [0, 0.05) is 18.3 Å². The van der Waals surface area contributed by atoms with Gasteiger partial charge in [0.25, 0.3) is 5.91 Å². The van der Waals surface area contributed by atoms with Crippen LogP contribution in [0.15, 0.2) is 30.3 Å². The molecule has 0 aliphatic heterocycles. The lowest BCUT2D eigenvalue weighted by molar-refractivity contribution is 0.0370. The van der Waals surface area contributed by atoms with Crippen molar-refractivity contribution in [2.45, 2.75) is 19.4 Å². The molecule has 0 radical (unpaired) electrons. The number of nitrogens with zero attached hydrogens (tertiary/aromatic N) is 1. The van der Waals surface area contributed by atoms with E-state index < -0.39 is 5.60 Å².